The zero-order chi connectivity index (χ0) is 13.8. The molecule has 1 heterocycles. The van der Waals surface area contributed by atoms with Crippen LogP contribution in [-0.4, -0.2) is 18.7 Å². The summed E-state index contributed by atoms with van der Waals surface area (Å²) in [7, 11) is 0. The molecule has 4 nitrogen and oxygen atoms in total. The summed E-state index contributed by atoms with van der Waals surface area (Å²) in [6.45, 7) is 0.794. The van der Waals surface area contributed by atoms with Crippen LogP contribution >= 0.6 is 0 Å². The highest BCUT2D eigenvalue weighted by Crippen LogP contribution is 2.27. The van der Waals surface area contributed by atoms with Crippen LogP contribution in [0.4, 0.5) is 10.5 Å². The lowest BCUT2D eigenvalue weighted by atomic mass is 9.96. The Morgan fingerprint density at radius 1 is 1.15 bits per heavy atom. The highest BCUT2D eigenvalue weighted by molar-refractivity contribution is 5.89. The first-order chi connectivity index (χ1) is 9.81. The van der Waals surface area contributed by atoms with E-state index in [0.717, 1.165) is 43.7 Å². The van der Waals surface area contributed by atoms with Crippen molar-refractivity contribution in [3.8, 4) is 5.75 Å². The molecule has 0 radical (unpaired) electrons. The molecule has 1 aromatic rings. The predicted molar refractivity (Wildman–Crippen MR) is 79.3 cm³/mol. The maximum atomic E-state index is 12.0. The quantitative estimate of drug-likeness (QED) is 0.867. The smallest absolute Gasteiger partial charge is 0.319 e. The van der Waals surface area contributed by atoms with Crippen LogP contribution in [0.3, 0.4) is 0 Å². The third-order valence-corrected chi connectivity index (χ3v) is 4.11. The molecule has 1 aliphatic heterocycles. The first kappa shape index (κ1) is 13.3. The minimum absolute atomic E-state index is 0.0893. The van der Waals surface area contributed by atoms with E-state index in [1.807, 2.05) is 18.2 Å². The number of hydrogen-bond acceptors (Lipinski definition) is 2. The molecule has 1 aliphatic carbocycles. The van der Waals surface area contributed by atoms with Crippen LogP contribution in [0, 0.1) is 0 Å². The van der Waals surface area contributed by atoms with E-state index in [2.05, 4.69) is 10.6 Å². The fourth-order valence-corrected chi connectivity index (χ4v) is 3.04. The van der Waals surface area contributed by atoms with Crippen LogP contribution in [0.15, 0.2) is 18.2 Å². The molecular weight excluding hydrogens is 252 g/mol. The second-order valence-electron chi connectivity index (χ2n) is 5.71. The summed E-state index contributed by atoms with van der Waals surface area (Å²) in [5.74, 6) is 0.953. The van der Waals surface area contributed by atoms with Gasteiger partial charge in [0.25, 0.3) is 0 Å². The Kier molecular flexibility index (Phi) is 4.09. The molecule has 0 unspecified atom stereocenters. The van der Waals surface area contributed by atoms with Crippen molar-refractivity contribution in [3.05, 3.63) is 23.8 Å². The van der Waals surface area contributed by atoms with E-state index >= 15 is 0 Å². The highest BCUT2D eigenvalue weighted by atomic mass is 16.5. The van der Waals surface area contributed by atoms with Crippen LogP contribution in [-0.2, 0) is 6.42 Å². The van der Waals surface area contributed by atoms with E-state index in [-0.39, 0.29) is 6.03 Å². The summed E-state index contributed by atoms with van der Waals surface area (Å²) in [4.78, 5) is 12.0. The third kappa shape index (κ3) is 3.24. The van der Waals surface area contributed by atoms with Crippen LogP contribution in [0.5, 0.6) is 5.75 Å². The summed E-state index contributed by atoms with van der Waals surface area (Å²) in [6, 6.07) is 6.13. The molecule has 3 rings (SSSR count). The molecule has 0 atom stereocenters. The number of anilines is 1. The molecule has 2 amide bonds. The highest BCUT2D eigenvalue weighted by Gasteiger charge is 2.16. The van der Waals surface area contributed by atoms with Gasteiger partial charge in [0.05, 0.1) is 6.61 Å². The summed E-state index contributed by atoms with van der Waals surface area (Å²) in [5.41, 5.74) is 2.04. The number of amides is 2. The number of benzene rings is 1. The average Bonchev–Trinajstić information content (AvgIpc) is 2.48. The van der Waals surface area contributed by atoms with Gasteiger partial charge in [-0.15, -0.1) is 0 Å². The third-order valence-electron chi connectivity index (χ3n) is 4.11. The second kappa shape index (κ2) is 6.16. The van der Waals surface area contributed by atoms with E-state index in [1.165, 1.54) is 24.8 Å². The number of ether oxygens (including phenoxy) is 1. The van der Waals surface area contributed by atoms with Gasteiger partial charge in [0.2, 0.25) is 0 Å². The zero-order valence-corrected chi connectivity index (χ0v) is 11.8. The Hall–Kier alpha value is -1.71. The zero-order valence-electron chi connectivity index (χ0n) is 11.8. The minimum Gasteiger partial charge on any atom is -0.493 e. The van der Waals surface area contributed by atoms with E-state index in [4.69, 9.17) is 4.74 Å². The fraction of sp³-hybridized carbons (Fsp3) is 0.562. The molecule has 1 fully saturated rings. The van der Waals surface area contributed by atoms with Gasteiger partial charge in [-0.2, -0.15) is 0 Å². The number of fused-ring (bicyclic) bond motifs is 1. The lowest BCUT2D eigenvalue weighted by Gasteiger charge is -2.23. The van der Waals surface area contributed by atoms with Crippen molar-refractivity contribution in [1.82, 2.24) is 5.32 Å². The standard InChI is InChI=1S/C16H22N2O2/c19-16(17-13-6-2-1-3-7-13)18-14-8-9-15-12(11-14)5-4-10-20-15/h8-9,11,13H,1-7,10H2,(H2,17,18,19). The minimum atomic E-state index is -0.0893. The van der Waals surface area contributed by atoms with Crippen molar-refractivity contribution in [2.75, 3.05) is 11.9 Å². The van der Waals surface area contributed by atoms with Crippen molar-refractivity contribution < 1.29 is 9.53 Å². The SMILES string of the molecule is O=C(Nc1ccc2c(c1)CCCO2)NC1CCCCC1. The predicted octanol–water partition coefficient (Wildman–Crippen LogP) is 3.47. The molecule has 0 spiro atoms. The van der Waals surface area contributed by atoms with E-state index in [1.54, 1.807) is 0 Å². The van der Waals surface area contributed by atoms with Crippen LogP contribution in [0.1, 0.15) is 44.1 Å². The maximum Gasteiger partial charge on any atom is 0.319 e. The first-order valence-corrected chi connectivity index (χ1v) is 7.64. The number of carbonyl (C=O) groups excluding carboxylic acids is 1. The lowest BCUT2D eigenvalue weighted by Crippen LogP contribution is -2.39. The molecule has 2 aliphatic rings. The van der Waals surface area contributed by atoms with E-state index in [9.17, 15) is 4.79 Å². The Morgan fingerprint density at radius 2 is 2.00 bits per heavy atom. The van der Waals surface area contributed by atoms with Crippen molar-refractivity contribution in [2.45, 2.75) is 51.0 Å². The molecule has 0 saturated heterocycles. The van der Waals surface area contributed by atoms with Gasteiger partial charge in [-0.05, 0) is 49.4 Å². The molecule has 0 aromatic heterocycles. The lowest BCUT2D eigenvalue weighted by molar-refractivity contribution is 0.244. The fourth-order valence-electron chi connectivity index (χ4n) is 3.04. The van der Waals surface area contributed by atoms with Crippen LogP contribution in [0.2, 0.25) is 0 Å². The monoisotopic (exact) mass is 274 g/mol. The molecule has 108 valence electrons. The van der Waals surface area contributed by atoms with Gasteiger partial charge >= 0.3 is 6.03 Å². The van der Waals surface area contributed by atoms with E-state index in [0.29, 0.717) is 6.04 Å². The van der Waals surface area contributed by atoms with Gasteiger partial charge in [0, 0.05) is 11.7 Å². The van der Waals surface area contributed by atoms with Gasteiger partial charge in [-0.3, -0.25) is 0 Å². The van der Waals surface area contributed by atoms with Gasteiger partial charge in [0.15, 0.2) is 0 Å². The molecule has 2 N–H and O–H groups in total. The van der Waals surface area contributed by atoms with Gasteiger partial charge in [0.1, 0.15) is 5.75 Å². The van der Waals surface area contributed by atoms with Crippen molar-refractivity contribution in [3.63, 3.8) is 0 Å². The van der Waals surface area contributed by atoms with Crippen molar-refractivity contribution in [1.29, 1.82) is 0 Å². The summed E-state index contributed by atoms with van der Waals surface area (Å²) in [6.07, 6.45) is 8.02. The summed E-state index contributed by atoms with van der Waals surface area (Å²) in [5, 5.41) is 6.00. The molecule has 1 saturated carbocycles. The largest absolute Gasteiger partial charge is 0.493 e. The molecule has 0 bridgehead atoms. The number of aryl methyl sites for hydroxylation is 1. The second-order valence-corrected chi connectivity index (χ2v) is 5.71. The van der Waals surface area contributed by atoms with Crippen molar-refractivity contribution >= 4 is 11.7 Å². The number of carbonyl (C=O) groups is 1. The normalized spacial score (nSPS) is 18.8. The summed E-state index contributed by atoms with van der Waals surface area (Å²) >= 11 is 0. The number of rotatable bonds is 2. The Balaban J connectivity index is 1.58. The van der Waals surface area contributed by atoms with Crippen LogP contribution in [0.25, 0.3) is 0 Å². The van der Waals surface area contributed by atoms with Crippen LogP contribution < -0.4 is 15.4 Å². The Morgan fingerprint density at radius 3 is 2.85 bits per heavy atom. The number of nitrogens with one attached hydrogen (secondary N) is 2. The number of urea groups is 1. The maximum absolute atomic E-state index is 12.0. The summed E-state index contributed by atoms with van der Waals surface area (Å²) < 4.78 is 5.58. The Labute approximate surface area is 119 Å². The average molecular weight is 274 g/mol. The van der Waals surface area contributed by atoms with Gasteiger partial charge in [-0.25, -0.2) is 4.79 Å². The van der Waals surface area contributed by atoms with Gasteiger partial charge < -0.3 is 15.4 Å². The molecule has 20 heavy (non-hydrogen) atoms. The molecular formula is C16H22N2O2. The topological polar surface area (TPSA) is 50.4 Å². The van der Waals surface area contributed by atoms with Crippen molar-refractivity contribution in [2.24, 2.45) is 0 Å². The molecule has 1 aromatic carbocycles. The molecule has 4 heteroatoms. The van der Waals surface area contributed by atoms with E-state index < -0.39 is 0 Å². The number of hydrogen-bond donors (Lipinski definition) is 2. The first-order valence-electron chi connectivity index (χ1n) is 7.64. The Bertz CT molecular complexity index is 481. The van der Waals surface area contributed by atoms with Gasteiger partial charge in [-0.1, -0.05) is 19.3 Å².